The van der Waals surface area contributed by atoms with Gasteiger partial charge < -0.3 is 14.5 Å². The highest BCUT2D eigenvalue weighted by Gasteiger charge is 2.34. The highest BCUT2D eigenvalue weighted by atomic mass is 16.5. The van der Waals surface area contributed by atoms with Crippen molar-refractivity contribution in [3.8, 4) is 5.75 Å². The van der Waals surface area contributed by atoms with Crippen LogP contribution in [-0.2, 0) is 16.0 Å². The Kier molecular flexibility index (Phi) is 7.06. The second-order valence-corrected chi connectivity index (χ2v) is 9.66. The molecule has 1 fully saturated rings. The Morgan fingerprint density at radius 1 is 1.00 bits per heavy atom. The molecule has 2 aliphatic rings. The quantitative estimate of drug-likeness (QED) is 0.631. The van der Waals surface area contributed by atoms with Gasteiger partial charge in [0.1, 0.15) is 5.75 Å². The van der Waals surface area contributed by atoms with Gasteiger partial charge in [-0.05, 0) is 61.4 Å². The zero-order chi connectivity index (χ0) is 23.5. The number of carbonyl (C=O) groups excluding carboxylic acids is 2. The molecule has 2 aliphatic heterocycles. The summed E-state index contributed by atoms with van der Waals surface area (Å²) < 4.78 is 6.26. The fourth-order valence-corrected chi connectivity index (χ4v) is 4.96. The Labute approximate surface area is 197 Å². The Balaban J connectivity index is 1.67. The second-order valence-electron chi connectivity index (χ2n) is 9.66. The first-order valence-electron chi connectivity index (χ1n) is 12.3. The van der Waals surface area contributed by atoms with Crippen molar-refractivity contribution in [2.75, 3.05) is 19.6 Å². The van der Waals surface area contributed by atoms with Crippen molar-refractivity contribution in [2.45, 2.75) is 65.5 Å². The molecule has 2 unspecified atom stereocenters. The minimum Gasteiger partial charge on any atom is -0.481 e. The topological polar surface area (TPSA) is 49.9 Å². The summed E-state index contributed by atoms with van der Waals surface area (Å²) in [5.74, 6) is 0.873. The van der Waals surface area contributed by atoms with Crippen LogP contribution in [0, 0.1) is 12.8 Å². The van der Waals surface area contributed by atoms with Crippen molar-refractivity contribution in [2.24, 2.45) is 5.92 Å². The summed E-state index contributed by atoms with van der Waals surface area (Å²) in [5, 5.41) is 0. The molecule has 4 rings (SSSR count). The predicted octanol–water partition coefficient (Wildman–Crippen LogP) is 4.90. The number of carbonyl (C=O) groups is 2. The molecule has 1 saturated heterocycles. The summed E-state index contributed by atoms with van der Waals surface area (Å²) in [4.78, 5) is 30.0. The van der Waals surface area contributed by atoms with Crippen molar-refractivity contribution in [1.82, 2.24) is 9.80 Å². The molecular weight excluding hydrogens is 412 g/mol. The van der Waals surface area contributed by atoms with Crippen LogP contribution in [0.4, 0.5) is 0 Å². The lowest BCUT2D eigenvalue weighted by molar-refractivity contribution is -0.137. The van der Waals surface area contributed by atoms with Crippen LogP contribution in [0.15, 0.2) is 42.5 Å². The second kappa shape index (κ2) is 9.98. The Hall–Kier alpha value is -2.82. The smallest absolute Gasteiger partial charge is 0.263 e. The van der Waals surface area contributed by atoms with E-state index in [-0.39, 0.29) is 23.8 Å². The first kappa shape index (κ1) is 23.3. The number of benzene rings is 2. The maximum atomic E-state index is 13.1. The summed E-state index contributed by atoms with van der Waals surface area (Å²) in [5.41, 5.74) is 4.63. The Morgan fingerprint density at radius 2 is 1.70 bits per heavy atom. The fraction of sp³-hybridized carbons (Fsp3) is 0.500. The number of hydrogen-bond acceptors (Lipinski definition) is 3. The molecule has 2 atom stereocenters. The minimum atomic E-state index is -0.476. The highest BCUT2D eigenvalue weighted by molar-refractivity contribution is 5.81. The van der Waals surface area contributed by atoms with Crippen molar-refractivity contribution in [1.29, 1.82) is 0 Å². The van der Waals surface area contributed by atoms with Gasteiger partial charge in [0.2, 0.25) is 5.91 Å². The van der Waals surface area contributed by atoms with E-state index >= 15 is 0 Å². The van der Waals surface area contributed by atoms with Crippen LogP contribution in [0.25, 0.3) is 0 Å². The molecule has 2 aromatic carbocycles. The lowest BCUT2D eigenvalue weighted by Gasteiger charge is -2.39. The number of amides is 2. The Morgan fingerprint density at radius 3 is 2.33 bits per heavy atom. The molecule has 33 heavy (non-hydrogen) atoms. The summed E-state index contributed by atoms with van der Waals surface area (Å²) in [6.07, 6.45) is 3.11. The molecule has 0 aromatic heterocycles. The fourth-order valence-electron chi connectivity index (χ4n) is 4.96. The molecule has 0 radical (unpaired) electrons. The van der Waals surface area contributed by atoms with Gasteiger partial charge in [-0.25, -0.2) is 0 Å². The van der Waals surface area contributed by atoms with Crippen LogP contribution < -0.4 is 4.74 Å². The van der Waals surface area contributed by atoms with Crippen LogP contribution >= 0.6 is 0 Å². The molecule has 0 N–H and O–H groups in total. The van der Waals surface area contributed by atoms with Gasteiger partial charge in [-0.3, -0.25) is 9.59 Å². The number of likely N-dealkylation sites (tertiary alicyclic amines) is 1. The maximum Gasteiger partial charge on any atom is 0.263 e. The molecule has 2 amide bonds. The molecule has 5 nitrogen and oxygen atoms in total. The normalized spacial score (nSPS) is 18.9. The number of aryl methyl sites for hydroxylation is 1. The monoisotopic (exact) mass is 448 g/mol. The van der Waals surface area contributed by atoms with Gasteiger partial charge >= 0.3 is 0 Å². The molecule has 2 heterocycles. The van der Waals surface area contributed by atoms with Gasteiger partial charge in [0, 0.05) is 25.6 Å². The maximum absolute atomic E-state index is 13.1. The minimum absolute atomic E-state index is 0.0681. The van der Waals surface area contributed by atoms with E-state index in [9.17, 15) is 9.59 Å². The zero-order valence-corrected chi connectivity index (χ0v) is 20.3. The van der Waals surface area contributed by atoms with Gasteiger partial charge in [0.25, 0.3) is 5.91 Å². The number of fused-ring (bicyclic) bond motifs is 1. The van der Waals surface area contributed by atoms with Crippen LogP contribution in [0.2, 0.25) is 0 Å². The first-order valence-corrected chi connectivity index (χ1v) is 12.3. The summed E-state index contributed by atoms with van der Waals surface area (Å²) in [6, 6.07) is 14.4. The van der Waals surface area contributed by atoms with Crippen LogP contribution in [0.1, 0.15) is 68.3 Å². The Bertz CT molecular complexity index is 993. The van der Waals surface area contributed by atoms with E-state index in [1.54, 1.807) is 0 Å². The number of hydrogen-bond donors (Lipinski definition) is 0. The predicted molar refractivity (Wildman–Crippen MR) is 130 cm³/mol. The first-order chi connectivity index (χ1) is 15.9. The highest BCUT2D eigenvalue weighted by Crippen LogP contribution is 2.38. The molecule has 176 valence electrons. The van der Waals surface area contributed by atoms with Crippen molar-refractivity contribution < 1.29 is 14.3 Å². The number of nitrogens with zero attached hydrogens (tertiary/aromatic N) is 2. The third kappa shape index (κ3) is 4.92. The summed E-state index contributed by atoms with van der Waals surface area (Å²) in [7, 11) is 0. The van der Waals surface area contributed by atoms with E-state index in [1.165, 1.54) is 11.1 Å². The summed E-state index contributed by atoms with van der Waals surface area (Å²) in [6.45, 7) is 10.3. The molecule has 0 aliphatic carbocycles. The molecular formula is C28H36N2O3. The molecule has 0 bridgehead atoms. The zero-order valence-electron chi connectivity index (χ0n) is 20.3. The van der Waals surface area contributed by atoms with Gasteiger partial charge in [0.15, 0.2) is 6.10 Å². The van der Waals surface area contributed by atoms with E-state index < -0.39 is 6.10 Å². The lowest BCUT2D eigenvalue weighted by Crippen LogP contribution is -2.42. The van der Waals surface area contributed by atoms with Crippen molar-refractivity contribution in [3.05, 3.63) is 64.7 Å². The van der Waals surface area contributed by atoms with Gasteiger partial charge in [-0.1, -0.05) is 56.7 Å². The van der Waals surface area contributed by atoms with Crippen LogP contribution in [-0.4, -0.2) is 47.4 Å². The average Bonchev–Trinajstić information content (AvgIpc) is 3.36. The van der Waals surface area contributed by atoms with Gasteiger partial charge in [0.05, 0.1) is 6.04 Å². The van der Waals surface area contributed by atoms with E-state index in [4.69, 9.17) is 4.74 Å². The lowest BCUT2D eigenvalue weighted by atomic mass is 9.87. The van der Waals surface area contributed by atoms with E-state index in [0.29, 0.717) is 18.7 Å². The van der Waals surface area contributed by atoms with Gasteiger partial charge in [-0.15, -0.1) is 0 Å². The van der Waals surface area contributed by atoms with Crippen LogP contribution in [0.5, 0.6) is 5.75 Å². The van der Waals surface area contributed by atoms with Gasteiger partial charge in [-0.2, -0.15) is 0 Å². The number of ether oxygens (including phenoxy) is 1. The third-order valence-corrected chi connectivity index (χ3v) is 6.86. The molecule has 0 saturated carbocycles. The van der Waals surface area contributed by atoms with Crippen molar-refractivity contribution >= 4 is 11.8 Å². The van der Waals surface area contributed by atoms with Crippen LogP contribution in [0.3, 0.4) is 0 Å². The third-order valence-electron chi connectivity index (χ3n) is 6.86. The standard InChI is InChI=1S/C28H36N2O3/c1-5-25(28(32)29-15-6-7-16-29)33-23-13-12-21-14-17-30(27(31)19(2)3)26(24(21)18-23)22-10-8-20(4)9-11-22/h8-13,18-19,25-26H,5-7,14-17H2,1-4H3. The SMILES string of the molecule is CCC(Oc1ccc2c(c1)C(c1ccc(C)cc1)N(C(=O)C(C)C)CC2)C(=O)N1CCCC1. The largest absolute Gasteiger partial charge is 0.481 e. The molecule has 5 heteroatoms. The average molecular weight is 449 g/mol. The summed E-state index contributed by atoms with van der Waals surface area (Å²) >= 11 is 0. The van der Waals surface area contributed by atoms with Crippen molar-refractivity contribution in [3.63, 3.8) is 0 Å². The van der Waals surface area contributed by atoms with E-state index in [1.807, 2.05) is 36.6 Å². The molecule has 2 aromatic rings. The van der Waals surface area contributed by atoms with E-state index in [0.717, 1.165) is 43.5 Å². The van der Waals surface area contributed by atoms with E-state index in [2.05, 4.69) is 43.3 Å². The molecule has 0 spiro atoms. The number of rotatable bonds is 6.